The van der Waals surface area contributed by atoms with Crippen molar-refractivity contribution < 1.29 is 9.84 Å². The molecule has 0 saturated carbocycles. The first-order valence-electron chi connectivity index (χ1n) is 6.29. The maximum Gasteiger partial charge on any atom is 0.107 e. The zero-order valence-electron chi connectivity index (χ0n) is 10.8. The predicted octanol–water partition coefficient (Wildman–Crippen LogP) is 0.268. The summed E-state index contributed by atoms with van der Waals surface area (Å²) in [5, 5.41) is 13.1. The Morgan fingerprint density at radius 3 is 3.00 bits per heavy atom. The standard InChI is InChI=1S/C12H21N3O2S/c1-14(10-12-13-2-7-18-12)8-11(16)9-15-3-5-17-6-4-15/h2,7,11,16H,3-6,8-10H2,1H3. The summed E-state index contributed by atoms with van der Waals surface area (Å²) in [6.45, 7) is 5.62. The smallest absolute Gasteiger partial charge is 0.107 e. The van der Waals surface area contributed by atoms with Gasteiger partial charge in [0.1, 0.15) is 5.01 Å². The van der Waals surface area contributed by atoms with E-state index in [1.54, 1.807) is 11.3 Å². The van der Waals surface area contributed by atoms with E-state index in [2.05, 4.69) is 14.8 Å². The van der Waals surface area contributed by atoms with Gasteiger partial charge < -0.3 is 9.84 Å². The molecule has 18 heavy (non-hydrogen) atoms. The van der Waals surface area contributed by atoms with E-state index in [0.29, 0.717) is 6.54 Å². The number of ether oxygens (including phenoxy) is 1. The Bertz CT molecular complexity index is 328. The molecule has 1 saturated heterocycles. The molecule has 1 aliphatic heterocycles. The molecule has 0 radical (unpaired) electrons. The Hall–Kier alpha value is -0.530. The highest BCUT2D eigenvalue weighted by Gasteiger charge is 2.16. The molecule has 6 heteroatoms. The predicted molar refractivity (Wildman–Crippen MR) is 71.7 cm³/mol. The molecule has 5 nitrogen and oxygen atoms in total. The molecule has 1 aliphatic rings. The van der Waals surface area contributed by atoms with E-state index < -0.39 is 0 Å². The number of morpholine rings is 1. The lowest BCUT2D eigenvalue weighted by Crippen LogP contribution is -2.43. The lowest BCUT2D eigenvalue weighted by atomic mass is 10.3. The molecule has 0 spiro atoms. The second-order valence-corrected chi connectivity index (χ2v) is 5.67. The fourth-order valence-electron chi connectivity index (χ4n) is 2.13. The Morgan fingerprint density at radius 1 is 1.56 bits per heavy atom. The van der Waals surface area contributed by atoms with Crippen LogP contribution in [0.2, 0.25) is 0 Å². The highest BCUT2D eigenvalue weighted by Crippen LogP contribution is 2.07. The van der Waals surface area contributed by atoms with Crippen LogP contribution in [0, 0.1) is 0 Å². The maximum atomic E-state index is 10.1. The fourth-order valence-corrected chi connectivity index (χ4v) is 2.82. The molecule has 0 amide bonds. The number of aliphatic hydroxyl groups excluding tert-OH is 1. The number of aromatic nitrogens is 1. The van der Waals surface area contributed by atoms with Crippen LogP contribution < -0.4 is 0 Å². The number of β-amino-alcohol motifs (C(OH)–C–C–N with tert-alkyl or cyclic N) is 1. The first kappa shape index (κ1) is 13.9. The van der Waals surface area contributed by atoms with Gasteiger partial charge in [0.25, 0.3) is 0 Å². The second-order valence-electron chi connectivity index (χ2n) is 4.69. The lowest BCUT2D eigenvalue weighted by molar-refractivity contribution is 0.00825. The molecular weight excluding hydrogens is 250 g/mol. The van der Waals surface area contributed by atoms with E-state index >= 15 is 0 Å². The van der Waals surface area contributed by atoms with Crippen LogP contribution in [0.25, 0.3) is 0 Å². The van der Waals surface area contributed by atoms with E-state index in [4.69, 9.17) is 4.74 Å². The van der Waals surface area contributed by atoms with Crippen molar-refractivity contribution in [1.29, 1.82) is 0 Å². The average Bonchev–Trinajstić information content (AvgIpc) is 2.82. The highest BCUT2D eigenvalue weighted by atomic mass is 32.1. The van der Waals surface area contributed by atoms with Gasteiger partial charge >= 0.3 is 0 Å². The number of aliphatic hydroxyl groups is 1. The average molecular weight is 271 g/mol. The molecule has 1 atom stereocenters. The molecule has 0 aliphatic carbocycles. The molecule has 1 fully saturated rings. The van der Waals surface area contributed by atoms with E-state index in [1.807, 2.05) is 18.6 Å². The quantitative estimate of drug-likeness (QED) is 0.805. The molecular formula is C12H21N3O2S. The Balaban J connectivity index is 1.67. The zero-order valence-corrected chi connectivity index (χ0v) is 11.6. The van der Waals surface area contributed by atoms with Crippen molar-refractivity contribution in [1.82, 2.24) is 14.8 Å². The van der Waals surface area contributed by atoms with Crippen molar-refractivity contribution in [3.63, 3.8) is 0 Å². The fraction of sp³-hybridized carbons (Fsp3) is 0.750. The monoisotopic (exact) mass is 271 g/mol. The van der Waals surface area contributed by atoms with E-state index in [-0.39, 0.29) is 6.10 Å². The number of nitrogens with zero attached hydrogens (tertiary/aromatic N) is 3. The van der Waals surface area contributed by atoms with Gasteiger partial charge in [0.05, 0.1) is 25.9 Å². The minimum atomic E-state index is -0.312. The van der Waals surface area contributed by atoms with E-state index in [9.17, 15) is 5.11 Å². The Labute approximate surface area is 112 Å². The number of hydrogen-bond donors (Lipinski definition) is 1. The molecule has 1 N–H and O–H groups in total. The number of likely N-dealkylation sites (N-methyl/N-ethyl adjacent to an activating group) is 1. The molecule has 2 rings (SSSR count). The van der Waals surface area contributed by atoms with Gasteiger partial charge in [-0.3, -0.25) is 9.80 Å². The molecule has 2 heterocycles. The lowest BCUT2D eigenvalue weighted by Gasteiger charge is -2.29. The summed E-state index contributed by atoms with van der Waals surface area (Å²) in [6, 6.07) is 0. The van der Waals surface area contributed by atoms with Gasteiger partial charge in [0, 0.05) is 37.8 Å². The summed E-state index contributed by atoms with van der Waals surface area (Å²) in [5.74, 6) is 0. The van der Waals surface area contributed by atoms with Crippen molar-refractivity contribution in [3.8, 4) is 0 Å². The van der Waals surface area contributed by atoms with Gasteiger partial charge in [-0.05, 0) is 7.05 Å². The summed E-state index contributed by atoms with van der Waals surface area (Å²) in [5.41, 5.74) is 0. The van der Waals surface area contributed by atoms with Crippen LogP contribution in [-0.4, -0.2) is 72.4 Å². The van der Waals surface area contributed by atoms with Crippen LogP contribution in [0.4, 0.5) is 0 Å². The van der Waals surface area contributed by atoms with E-state index in [1.165, 1.54) is 0 Å². The van der Waals surface area contributed by atoms with Crippen molar-refractivity contribution in [2.24, 2.45) is 0 Å². The molecule has 1 aromatic heterocycles. The topological polar surface area (TPSA) is 48.8 Å². The van der Waals surface area contributed by atoms with Crippen LogP contribution in [0.3, 0.4) is 0 Å². The summed E-state index contributed by atoms with van der Waals surface area (Å²) < 4.78 is 5.29. The van der Waals surface area contributed by atoms with Crippen LogP contribution in [-0.2, 0) is 11.3 Å². The Morgan fingerprint density at radius 2 is 2.33 bits per heavy atom. The molecule has 0 bridgehead atoms. The van der Waals surface area contributed by atoms with Crippen molar-refractivity contribution in [2.45, 2.75) is 12.6 Å². The van der Waals surface area contributed by atoms with Crippen LogP contribution in [0.1, 0.15) is 5.01 Å². The van der Waals surface area contributed by atoms with Crippen LogP contribution >= 0.6 is 11.3 Å². The zero-order chi connectivity index (χ0) is 12.8. The van der Waals surface area contributed by atoms with Gasteiger partial charge in [-0.15, -0.1) is 11.3 Å². The van der Waals surface area contributed by atoms with Crippen LogP contribution in [0.5, 0.6) is 0 Å². The Kier molecular flexibility index (Phi) is 5.52. The molecule has 1 unspecified atom stereocenters. The molecule has 0 aromatic carbocycles. The first-order chi connectivity index (χ1) is 8.74. The van der Waals surface area contributed by atoms with Crippen molar-refractivity contribution in [3.05, 3.63) is 16.6 Å². The van der Waals surface area contributed by atoms with Crippen molar-refractivity contribution in [2.75, 3.05) is 46.4 Å². The third-order valence-corrected chi connectivity index (χ3v) is 3.75. The third-order valence-electron chi connectivity index (χ3n) is 2.98. The van der Waals surface area contributed by atoms with Gasteiger partial charge in [-0.25, -0.2) is 4.98 Å². The van der Waals surface area contributed by atoms with Gasteiger partial charge in [0.15, 0.2) is 0 Å². The second kappa shape index (κ2) is 7.16. The van der Waals surface area contributed by atoms with E-state index in [0.717, 1.165) is 44.4 Å². The summed E-state index contributed by atoms with van der Waals surface area (Å²) in [4.78, 5) is 8.62. The number of thiazole rings is 1. The summed E-state index contributed by atoms with van der Waals surface area (Å²) >= 11 is 1.65. The molecule has 102 valence electrons. The van der Waals surface area contributed by atoms with Gasteiger partial charge in [-0.2, -0.15) is 0 Å². The third kappa shape index (κ3) is 4.62. The van der Waals surface area contributed by atoms with Gasteiger partial charge in [0.2, 0.25) is 0 Å². The summed E-state index contributed by atoms with van der Waals surface area (Å²) in [7, 11) is 2.02. The SMILES string of the molecule is CN(Cc1nccs1)CC(O)CN1CCOCC1. The number of rotatable bonds is 6. The summed E-state index contributed by atoms with van der Waals surface area (Å²) in [6.07, 6.45) is 1.51. The van der Waals surface area contributed by atoms with Gasteiger partial charge in [-0.1, -0.05) is 0 Å². The molecule has 1 aromatic rings. The van der Waals surface area contributed by atoms with Crippen molar-refractivity contribution >= 4 is 11.3 Å². The number of hydrogen-bond acceptors (Lipinski definition) is 6. The highest BCUT2D eigenvalue weighted by molar-refractivity contribution is 7.09. The minimum absolute atomic E-state index is 0.312. The minimum Gasteiger partial charge on any atom is -0.390 e. The normalized spacial score (nSPS) is 19.3. The first-order valence-corrected chi connectivity index (χ1v) is 7.17. The largest absolute Gasteiger partial charge is 0.390 e. The van der Waals surface area contributed by atoms with Crippen LogP contribution in [0.15, 0.2) is 11.6 Å². The maximum absolute atomic E-state index is 10.1.